The standard InChI is InChI=1S/C17H19F3N2O2/c1-11(15(23)17(18,19)20)14(21)12-5-7-13(8-6-12)16(24)22-9-3-2-4-10-22/h5-8H,2-4,9-10,21H2,1H3. The molecular weight excluding hydrogens is 321 g/mol. The molecule has 1 aliphatic heterocycles. The number of ketones is 1. The van der Waals surface area contributed by atoms with Crippen LogP contribution in [0.25, 0.3) is 5.70 Å². The Kier molecular flexibility index (Phi) is 5.31. The number of halogens is 3. The first kappa shape index (κ1) is 18.0. The number of piperidine rings is 1. The number of likely N-dealkylation sites (tertiary alicyclic amines) is 1. The number of carbonyl (C=O) groups is 2. The van der Waals surface area contributed by atoms with Gasteiger partial charge in [0.15, 0.2) is 0 Å². The second-order valence-corrected chi connectivity index (χ2v) is 5.80. The van der Waals surface area contributed by atoms with E-state index < -0.39 is 17.5 Å². The van der Waals surface area contributed by atoms with Crippen molar-refractivity contribution in [2.45, 2.75) is 32.4 Å². The first-order valence-electron chi connectivity index (χ1n) is 7.69. The van der Waals surface area contributed by atoms with Crippen LogP contribution in [0.15, 0.2) is 29.8 Å². The molecule has 1 heterocycles. The normalized spacial score (nSPS) is 16.6. The molecular formula is C17H19F3N2O2. The average molecular weight is 340 g/mol. The van der Waals surface area contributed by atoms with E-state index in [1.54, 1.807) is 4.90 Å². The molecule has 130 valence electrons. The molecule has 0 radical (unpaired) electrons. The van der Waals surface area contributed by atoms with E-state index in [2.05, 4.69) is 0 Å². The summed E-state index contributed by atoms with van der Waals surface area (Å²) in [7, 11) is 0. The SMILES string of the molecule is CC(C(=O)C(F)(F)F)=C(N)c1ccc(C(=O)N2CCCCC2)cc1. The van der Waals surface area contributed by atoms with Crippen LogP contribution >= 0.6 is 0 Å². The minimum atomic E-state index is -4.96. The molecule has 0 unspecified atom stereocenters. The third-order valence-electron chi connectivity index (χ3n) is 4.09. The van der Waals surface area contributed by atoms with Gasteiger partial charge in [-0.1, -0.05) is 12.1 Å². The number of Topliss-reactive ketones (excluding diaryl/α,β-unsaturated/α-hetero) is 1. The van der Waals surface area contributed by atoms with Gasteiger partial charge in [0.05, 0.1) is 0 Å². The highest BCUT2D eigenvalue weighted by molar-refractivity contribution is 6.05. The fourth-order valence-corrected chi connectivity index (χ4v) is 2.62. The summed E-state index contributed by atoms with van der Waals surface area (Å²) >= 11 is 0. The van der Waals surface area contributed by atoms with Crippen molar-refractivity contribution in [3.8, 4) is 0 Å². The third-order valence-corrected chi connectivity index (χ3v) is 4.09. The molecule has 1 aromatic rings. The number of allylic oxidation sites excluding steroid dienone is 1. The predicted octanol–water partition coefficient (Wildman–Crippen LogP) is 3.13. The molecule has 0 atom stereocenters. The first-order chi connectivity index (χ1) is 11.2. The minimum absolute atomic E-state index is 0.105. The molecule has 4 nitrogen and oxygen atoms in total. The molecule has 1 aromatic carbocycles. The van der Waals surface area contributed by atoms with Crippen molar-refractivity contribution in [2.75, 3.05) is 13.1 Å². The maximum atomic E-state index is 12.5. The van der Waals surface area contributed by atoms with Crippen molar-refractivity contribution in [2.24, 2.45) is 5.73 Å². The van der Waals surface area contributed by atoms with Gasteiger partial charge in [-0.3, -0.25) is 9.59 Å². The molecule has 24 heavy (non-hydrogen) atoms. The molecule has 2 N–H and O–H groups in total. The number of benzene rings is 1. The van der Waals surface area contributed by atoms with Crippen LogP contribution in [0.4, 0.5) is 13.2 Å². The quantitative estimate of drug-likeness (QED) is 0.860. The van der Waals surface area contributed by atoms with Crippen LogP contribution in [-0.2, 0) is 4.79 Å². The molecule has 0 spiro atoms. The van der Waals surface area contributed by atoms with Crippen LogP contribution in [0.1, 0.15) is 42.1 Å². The molecule has 1 fully saturated rings. The number of rotatable bonds is 3. The van der Waals surface area contributed by atoms with Gasteiger partial charge >= 0.3 is 6.18 Å². The predicted molar refractivity (Wildman–Crippen MR) is 84.0 cm³/mol. The summed E-state index contributed by atoms with van der Waals surface area (Å²) in [6.45, 7) is 2.46. The van der Waals surface area contributed by atoms with Crippen molar-refractivity contribution in [3.05, 3.63) is 41.0 Å². The Balaban J connectivity index is 2.19. The van der Waals surface area contributed by atoms with Gasteiger partial charge in [0, 0.05) is 29.9 Å². The van der Waals surface area contributed by atoms with E-state index in [0.717, 1.165) is 26.2 Å². The van der Waals surface area contributed by atoms with Gasteiger partial charge in [0.25, 0.3) is 11.7 Å². The number of carbonyl (C=O) groups excluding carboxylic acids is 2. The summed E-state index contributed by atoms with van der Waals surface area (Å²) in [6, 6.07) is 5.95. The largest absolute Gasteiger partial charge is 0.454 e. The van der Waals surface area contributed by atoms with Crippen LogP contribution in [0.2, 0.25) is 0 Å². The maximum Gasteiger partial charge on any atom is 0.454 e. The zero-order valence-electron chi connectivity index (χ0n) is 13.3. The second-order valence-electron chi connectivity index (χ2n) is 5.80. The highest BCUT2D eigenvalue weighted by atomic mass is 19.4. The summed E-state index contributed by atoms with van der Waals surface area (Å²) in [5.74, 6) is -2.07. The number of hydrogen-bond donors (Lipinski definition) is 1. The Morgan fingerprint density at radius 2 is 1.50 bits per heavy atom. The summed E-state index contributed by atoms with van der Waals surface area (Å²) in [4.78, 5) is 25.3. The van der Waals surface area contributed by atoms with Gasteiger partial charge in [0.2, 0.25) is 0 Å². The van der Waals surface area contributed by atoms with Crippen LogP contribution in [0.5, 0.6) is 0 Å². The highest BCUT2D eigenvalue weighted by Gasteiger charge is 2.40. The van der Waals surface area contributed by atoms with Gasteiger partial charge in [-0.05, 0) is 43.9 Å². The molecule has 0 aromatic heterocycles. The fourth-order valence-electron chi connectivity index (χ4n) is 2.62. The van der Waals surface area contributed by atoms with E-state index in [9.17, 15) is 22.8 Å². The molecule has 0 aliphatic carbocycles. The number of nitrogens with two attached hydrogens (primary N) is 1. The van der Waals surface area contributed by atoms with Gasteiger partial charge in [-0.15, -0.1) is 0 Å². The van der Waals surface area contributed by atoms with Crippen molar-refractivity contribution in [1.82, 2.24) is 4.90 Å². The summed E-state index contributed by atoms with van der Waals surface area (Å²) in [6.07, 6.45) is -1.91. The van der Waals surface area contributed by atoms with E-state index in [4.69, 9.17) is 5.73 Å². The van der Waals surface area contributed by atoms with Crippen molar-refractivity contribution in [1.29, 1.82) is 0 Å². The minimum Gasteiger partial charge on any atom is -0.398 e. The Morgan fingerprint density at radius 1 is 1.00 bits per heavy atom. The molecule has 0 saturated carbocycles. The molecule has 1 amide bonds. The van der Waals surface area contributed by atoms with Crippen LogP contribution in [-0.4, -0.2) is 35.9 Å². The summed E-state index contributed by atoms with van der Waals surface area (Å²) in [5, 5.41) is 0. The lowest BCUT2D eigenvalue weighted by Gasteiger charge is -2.26. The lowest BCUT2D eigenvalue weighted by Crippen LogP contribution is -2.35. The lowest BCUT2D eigenvalue weighted by molar-refractivity contribution is -0.166. The number of amides is 1. The van der Waals surface area contributed by atoms with Crippen molar-refractivity contribution in [3.63, 3.8) is 0 Å². The van der Waals surface area contributed by atoms with Gasteiger partial charge in [-0.2, -0.15) is 13.2 Å². The fraction of sp³-hybridized carbons (Fsp3) is 0.412. The van der Waals surface area contributed by atoms with E-state index >= 15 is 0 Å². The smallest absolute Gasteiger partial charge is 0.398 e. The first-order valence-corrected chi connectivity index (χ1v) is 7.69. The zero-order valence-corrected chi connectivity index (χ0v) is 13.3. The Hall–Kier alpha value is -2.31. The van der Waals surface area contributed by atoms with Crippen LogP contribution < -0.4 is 5.73 Å². The van der Waals surface area contributed by atoms with E-state index in [0.29, 0.717) is 18.7 Å². The van der Waals surface area contributed by atoms with Gasteiger partial charge < -0.3 is 10.6 Å². The maximum absolute atomic E-state index is 12.5. The van der Waals surface area contributed by atoms with Crippen molar-refractivity contribution < 1.29 is 22.8 Å². The van der Waals surface area contributed by atoms with Crippen molar-refractivity contribution >= 4 is 17.4 Å². The topological polar surface area (TPSA) is 63.4 Å². The Morgan fingerprint density at radius 3 is 2.00 bits per heavy atom. The molecule has 1 aliphatic rings. The van der Waals surface area contributed by atoms with Crippen LogP contribution in [0, 0.1) is 0 Å². The van der Waals surface area contributed by atoms with E-state index in [1.165, 1.54) is 24.3 Å². The summed E-state index contributed by atoms with van der Waals surface area (Å²) < 4.78 is 37.4. The van der Waals surface area contributed by atoms with E-state index in [1.807, 2.05) is 0 Å². The number of alkyl halides is 3. The van der Waals surface area contributed by atoms with E-state index in [-0.39, 0.29) is 17.2 Å². The van der Waals surface area contributed by atoms with Gasteiger partial charge in [0.1, 0.15) is 0 Å². The summed E-state index contributed by atoms with van der Waals surface area (Å²) in [5.41, 5.74) is 5.60. The molecule has 2 rings (SSSR count). The average Bonchev–Trinajstić information content (AvgIpc) is 2.59. The number of hydrogen-bond acceptors (Lipinski definition) is 3. The highest BCUT2D eigenvalue weighted by Crippen LogP contribution is 2.24. The molecule has 7 heteroatoms. The molecule has 1 saturated heterocycles. The Bertz CT molecular complexity index is 657. The third kappa shape index (κ3) is 3.96. The Labute approximate surface area is 138 Å². The molecule has 0 bridgehead atoms. The monoisotopic (exact) mass is 340 g/mol. The number of nitrogens with zero attached hydrogens (tertiary/aromatic N) is 1. The van der Waals surface area contributed by atoms with Gasteiger partial charge in [-0.25, -0.2) is 0 Å². The van der Waals surface area contributed by atoms with Crippen LogP contribution in [0.3, 0.4) is 0 Å². The zero-order chi connectivity index (χ0) is 17.9. The lowest BCUT2D eigenvalue weighted by atomic mass is 10.0. The second kappa shape index (κ2) is 7.07.